The van der Waals surface area contributed by atoms with Crippen LogP contribution in [-0.2, 0) is 11.2 Å². The van der Waals surface area contributed by atoms with Crippen molar-refractivity contribution in [2.24, 2.45) is 5.92 Å². The van der Waals surface area contributed by atoms with Crippen LogP contribution in [0.5, 0.6) is 5.75 Å². The van der Waals surface area contributed by atoms with E-state index in [2.05, 4.69) is 11.0 Å². The number of hydrogen-bond donors (Lipinski definition) is 1. The lowest BCUT2D eigenvalue weighted by molar-refractivity contribution is -0.147. The van der Waals surface area contributed by atoms with Crippen LogP contribution in [0.4, 0.5) is 13.2 Å². The second-order valence-corrected chi connectivity index (χ2v) is 6.96. The van der Waals surface area contributed by atoms with Crippen molar-refractivity contribution in [3.05, 3.63) is 34.9 Å². The molecule has 1 fully saturated rings. The molecule has 0 bridgehead atoms. The lowest BCUT2D eigenvalue weighted by Crippen LogP contribution is -2.50. The first-order valence-corrected chi connectivity index (χ1v) is 8.77. The Morgan fingerprint density at radius 1 is 1.27 bits per heavy atom. The van der Waals surface area contributed by atoms with Crippen molar-refractivity contribution in [2.75, 3.05) is 26.2 Å². The predicted octanol–water partition coefficient (Wildman–Crippen LogP) is 3.75. The molecule has 0 amide bonds. The quantitative estimate of drug-likeness (QED) is 0.744. The Balaban J connectivity index is 1.50. The fourth-order valence-electron chi connectivity index (χ4n) is 3.35. The van der Waals surface area contributed by atoms with Gasteiger partial charge in [0.15, 0.2) is 0 Å². The topological polar surface area (TPSA) is 49.8 Å². The van der Waals surface area contributed by atoms with Crippen LogP contribution in [0.1, 0.15) is 30.4 Å². The zero-order valence-corrected chi connectivity index (χ0v) is 14.4. The average molecular weight is 369 g/mol. The molecule has 0 radical (unpaired) electrons. The molecule has 2 aliphatic rings. The van der Waals surface area contributed by atoms with E-state index >= 15 is 0 Å². The summed E-state index contributed by atoms with van der Waals surface area (Å²) in [6.07, 6.45) is -1.13. The Bertz CT molecular complexity index is 694. The molecular formula is C19H22F3NO3. The number of carboxylic acids is 1. The lowest BCUT2D eigenvalue weighted by atomic mass is 9.90. The van der Waals surface area contributed by atoms with E-state index in [-0.39, 0.29) is 18.9 Å². The van der Waals surface area contributed by atoms with Crippen molar-refractivity contribution >= 4 is 12.0 Å². The van der Waals surface area contributed by atoms with Gasteiger partial charge in [0.25, 0.3) is 0 Å². The van der Waals surface area contributed by atoms with Gasteiger partial charge in [0.1, 0.15) is 5.75 Å². The largest absolute Gasteiger partial charge is 0.494 e. The van der Waals surface area contributed by atoms with Crippen LogP contribution < -0.4 is 4.74 Å². The molecule has 0 spiro atoms. The zero-order chi connectivity index (χ0) is 18.7. The van der Waals surface area contributed by atoms with Crippen LogP contribution in [0.2, 0.25) is 0 Å². The van der Waals surface area contributed by atoms with Crippen LogP contribution >= 0.6 is 0 Å². The van der Waals surface area contributed by atoms with E-state index in [0.717, 1.165) is 30.5 Å². The van der Waals surface area contributed by atoms with Crippen molar-refractivity contribution < 1.29 is 27.8 Å². The van der Waals surface area contributed by atoms with Gasteiger partial charge in [0.2, 0.25) is 0 Å². The number of nitrogens with zero attached hydrogens (tertiary/aromatic N) is 1. The van der Waals surface area contributed by atoms with E-state index in [9.17, 15) is 18.0 Å². The van der Waals surface area contributed by atoms with Gasteiger partial charge in [-0.2, -0.15) is 13.2 Å². The number of benzene rings is 1. The number of ether oxygens (including phenoxy) is 1. The Labute approximate surface area is 150 Å². The SMILES string of the molecule is O=C(O)C1CN(CC2=Cc3ccc(OCCCC(F)(F)F)cc3CC2)C1. The minimum atomic E-state index is -4.14. The van der Waals surface area contributed by atoms with Gasteiger partial charge in [0, 0.05) is 26.1 Å². The summed E-state index contributed by atoms with van der Waals surface area (Å²) >= 11 is 0. The maximum Gasteiger partial charge on any atom is 0.389 e. The van der Waals surface area contributed by atoms with Crippen LogP contribution in [0.25, 0.3) is 6.08 Å². The Kier molecular flexibility index (Phi) is 5.55. The maximum atomic E-state index is 12.1. The number of rotatable bonds is 7. The molecule has 3 rings (SSSR count). The summed E-state index contributed by atoms with van der Waals surface area (Å²) in [5, 5.41) is 8.92. The van der Waals surface area contributed by atoms with Crippen LogP contribution in [0.3, 0.4) is 0 Å². The molecule has 1 aromatic carbocycles. The molecule has 1 heterocycles. The zero-order valence-electron chi connectivity index (χ0n) is 14.4. The smallest absolute Gasteiger partial charge is 0.389 e. The summed E-state index contributed by atoms with van der Waals surface area (Å²) in [6.45, 7) is 2.05. The van der Waals surface area contributed by atoms with E-state index in [0.29, 0.717) is 18.8 Å². The molecule has 0 unspecified atom stereocenters. The average Bonchev–Trinajstić information content (AvgIpc) is 2.53. The van der Waals surface area contributed by atoms with Gasteiger partial charge in [-0.25, -0.2) is 0 Å². The summed E-state index contributed by atoms with van der Waals surface area (Å²) < 4.78 is 41.8. The van der Waals surface area contributed by atoms with E-state index in [1.807, 2.05) is 12.1 Å². The number of fused-ring (bicyclic) bond motifs is 1. The van der Waals surface area contributed by atoms with Crippen LogP contribution in [0.15, 0.2) is 23.8 Å². The summed E-state index contributed by atoms with van der Waals surface area (Å²) in [5.74, 6) is -0.370. The van der Waals surface area contributed by atoms with Gasteiger partial charge >= 0.3 is 12.1 Å². The van der Waals surface area contributed by atoms with Gasteiger partial charge in [-0.1, -0.05) is 17.7 Å². The summed E-state index contributed by atoms with van der Waals surface area (Å²) in [6, 6.07) is 5.62. The van der Waals surface area contributed by atoms with E-state index in [1.165, 1.54) is 5.57 Å². The van der Waals surface area contributed by atoms with E-state index < -0.39 is 18.6 Å². The molecule has 1 saturated heterocycles. The van der Waals surface area contributed by atoms with Crippen molar-refractivity contribution in [1.29, 1.82) is 0 Å². The first-order valence-electron chi connectivity index (χ1n) is 8.77. The summed E-state index contributed by atoms with van der Waals surface area (Å²) in [4.78, 5) is 13.0. The second-order valence-electron chi connectivity index (χ2n) is 6.96. The highest BCUT2D eigenvalue weighted by molar-refractivity contribution is 5.71. The molecule has 7 heteroatoms. The fourth-order valence-corrected chi connectivity index (χ4v) is 3.35. The molecule has 0 aromatic heterocycles. The second kappa shape index (κ2) is 7.70. The number of aliphatic carboxylic acids is 1. The maximum absolute atomic E-state index is 12.1. The highest BCUT2D eigenvalue weighted by Crippen LogP contribution is 2.29. The third-order valence-electron chi connectivity index (χ3n) is 4.80. The Hall–Kier alpha value is -2.02. The van der Waals surface area contributed by atoms with E-state index in [4.69, 9.17) is 9.84 Å². The first kappa shape index (κ1) is 18.8. The number of halogens is 3. The minimum Gasteiger partial charge on any atom is -0.494 e. The molecule has 1 aliphatic heterocycles. The highest BCUT2D eigenvalue weighted by atomic mass is 19.4. The molecule has 1 aliphatic carbocycles. The number of hydrogen-bond acceptors (Lipinski definition) is 3. The van der Waals surface area contributed by atoms with Gasteiger partial charge in [-0.3, -0.25) is 9.69 Å². The molecule has 0 atom stereocenters. The normalized spacial score (nSPS) is 18.0. The van der Waals surface area contributed by atoms with Gasteiger partial charge in [-0.15, -0.1) is 0 Å². The number of alkyl halides is 3. The molecule has 1 N–H and O–H groups in total. The third kappa shape index (κ3) is 5.00. The number of likely N-dealkylation sites (tertiary alicyclic amines) is 1. The molecule has 0 saturated carbocycles. The highest BCUT2D eigenvalue weighted by Gasteiger charge is 2.32. The first-order chi connectivity index (χ1) is 12.3. The van der Waals surface area contributed by atoms with Crippen LogP contribution in [0, 0.1) is 5.92 Å². The van der Waals surface area contributed by atoms with Crippen molar-refractivity contribution in [3.63, 3.8) is 0 Å². The molecule has 4 nitrogen and oxygen atoms in total. The standard InChI is InChI=1S/C19H22F3NO3/c20-19(21,22)6-1-7-26-17-5-4-14-8-13(2-3-15(14)9-17)10-23-11-16(12-23)18(24)25/h4-5,8-9,16H,1-3,6-7,10-12H2,(H,24,25). The third-order valence-corrected chi connectivity index (χ3v) is 4.80. The number of aryl methyl sites for hydroxylation is 1. The predicted molar refractivity (Wildman–Crippen MR) is 91.1 cm³/mol. The minimum absolute atomic E-state index is 0.0438. The molecule has 142 valence electrons. The Morgan fingerprint density at radius 2 is 2.04 bits per heavy atom. The van der Waals surface area contributed by atoms with Crippen molar-refractivity contribution in [1.82, 2.24) is 4.90 Å². The summed E-state index contributed by atoms with van der Waals surface area (Å²) in [7, 11) is 0. The summed E-state index contributed by atoms with van der Waals surface area (Å²) in [5.41, 5.74) is 3.51. The number of carbonyl (C=O) groups is 1. The van der Waals surface area contributed by atoms with Crippen LogP contribution in [-0.4, -0.2) is 48.4 Å². The fraction of sp³-hybridized carbons (Fsp3) is 0.526. The number of carboxylic acid groups (broad SMARTS) is 1. The monoisotopic (exact) mass is 369 g/mol. The van der Waals surface area contributed by atoms with Crippen molar-refractivity contribution in [2.45, 2.75) is 31.9 Å². The van der Waals surface area contributed by atoms with Gasteiger partial charge in [0.05, 0.1) is 12.5 Å². The van der Waals surface area contributed by atoms with Gasteiger partial charge < -0.3 is 9.84 Å². The molecular weight excluding hydrogens is 347 g/mol. The van der Waals surface area contributed by atoms with Crippen molar-refractivity contribution in [3.8, 4) is 5.75 Å². The Morgan fingerprint density at radius 3 is 2.73 bits per heavy atom. The molecule has 1 aromatic rings. The van der Waals surface area contributed by atoms with Gasteiger partial charge in [-0.05, 0) is 42.5 Å². The lowest BCUT2D eigenvalue weighted by Gasteiger charge is -2.37. The molecule has 26 heavy (non-hydrogen) atoms. The van der Waals surface area contributed by atoms with E-state index in [1.54, 1.807) is 6.07 Å².